The molecule has 27 heavy (non-hydrogen) atoms. The van der Waals surface area contributed by atoms with Crippen molar-refractivity contribution in [3.8, 4) is 11.5 Å². The van der Waals surface area contributed by atoms with Crippen LogP contribution in [-0.2, 0) is 9.47 Å². The lowest BCUT2D eigenvalue weighted by Gasteiger charge is -2.14. The van der Waals surface area contributed by atoms with Crippen LogP contribution in [0.1, 0.15) is 13.3 Å². The third-order valence-electron chi connectivity index (χ3n) is 3.50. The minimum absolute atomic E-state index is 0.227. The Morgan fingerprint density at radius 2 is 1.78 bits per heavy atom. The Balaban J connectivity index is 1.87. The molecule has 146 valence electrons. The van der Waals surface area contributed by atoms with E-state index in [2.05, 4.69) is 12.2 Å². The Hall–Kier alpha value is -2.22. The Bertz CT molecular complexity index is 704. The highest BCUT2D eigenvalue weighted by atomic mass is 32.2. The predicted molar refractivity (Wildman–Crippen MR) is 107 cm³/mol. The molecule has 1 N–H and O–H groups in total. The first kappa shape index (κ1) is 21.1. The van der Waals surface area contributed by atoms with Crippen LogP contribution in [0.5, 0.6) is 11.5 Å². The Morgan fingerprint density at radius 1 is 1.07 bits per heavy atom. The lowest BCUT2D eigenvalue weighted by Crippen LogP contribution is -2.22. The van der Waals surface area contributed by atoms with E-state index in [0.29, 0.717) is 17.2 Å². The number of hydrogen-bond acceptors (Lipinski definition) is 6. The van der Waals surface area contributed by atoms with Crippen molar-refractivity contribution in [2.24, 2.45) is 0 Å². The molecule has 0 spiro atoms. The summed E-state index contributed by atoms with van der Waals surface area (Å²) < 4.78 is 21.0. The maximum Gasteiger partial charge on any atom is 0.417 e. The van der Waals surface area contributed by atoms with Crippen molar-refractivity contribution in [1.29, 1.82) is 0 Å². The molecule has 0 fully saturated rings. The number of hydrogen-bond donors (Lipinski definition) is 1. The number of carbonyl (C=O) groups excluding carboxylic acids is 1. The Labute approximate surface area is 164 Å². The van der Waals surface area contributed by atoms with E-state index in [-0.39, 0.29) is 6.61 Å². The van der Waals surface area contributed by atoms with Crippen LogP contribution in [0.3, 0.4) is 0 Å². The van der Waals surface area contributed by atoms with Crippen LogP contribution in [-0.4, -0.2) is 39.0 Å². The number of carbonyl (C=O) groups is 1. The van der Waals surface area contributed by atoms with Gasteiger partial charge in [-0.1, -0.05) is 13.0 Å². The summed E-state index contributed by atoms with van der Waals surface area (Å²) >= 11 is 1.79. The van der Waals surface area contributed by atoms with Crippen LogP contribution in [0.2, 0.25) is 0 Å². The van der Waals surface area contributed by atoms with E-state index < -0.39 is 12.4 Å². The third kappa shape index (κ3) is 7.50. The van der Waals surface area contributed by atoms with E-state index in [0.717, 1.165) is 12.2 Å². The molecule has 2 rings (SSSR count). The Kier molecular flexibility index (Phi) is 8.97. The van der Waals surface area contributed by atoms with Crippen molar-refractivity contribution in [3.63, 3.8) is 0 Å². The zero-order chi connectivity index (χ0) is 19.5. The van der Waals surface area contributed by atoms with Gasteiger partial charge in [0.15, 0.2) is 6.29 Å². The molecule has 0 aliphatic carbocycles. The molecule has 0 radical (unpaired) electrons. The summed E-state index contributed by atoms with van der Waals surface area (Å²) in [4.78, 5) is 13.3. The number of ether oxygens (including phenoxy) is 4. The van der Waals surface area contributed by atoms with Gasteiger partial charge in [-0.25, -0.2) is 4.79 Å². The van der Waals surface area contributed by atoms with E-state index in [9.17, 15) is 4.79 Å². The van der Waals surface area contributed by atoms with Gasteiger partial charge in [-0.05, 0) is 48.6 Å². The maximum atomic E-state index is 12.1. The molecule has 0 atom stereocenters. The highest BCUT2D eigenvalue weighted by molar-refractivity contribution is 7.99. The normalized spacial score (nSPS) is 10.7. The topological polar surface area (TPSA) is 66.0 Å². The maximum absolute atomic E-state index is 12.1. The van der Waals surface area contributed by atoms with E-state index in [1.807, 2.05) is 24.3 Å². The molecule has 0 unspecified atom stereocenters. The standard InChI is InChI=1S/C20H25NO5S/c1-4-12-27-18-10-8-15(9-11-18)21-20(22)26-17-7-5-6-16(13-17)25-14-19(23-2)24-3/h5-11,13,19H,4,12,14H2,1-3H3,(H,21,22). The number of thioether (sulfide) groups is 1. The average molecular weight is 391 g/mol. The summed E-state index contributed by atoms with van der Waals surface area (Å²) in [6, 6.07) is 14.5. The average Bonchev–Trinajstić information content (AvgIpc) is 2.68. The fourth-order valence-corrected chi connectivity index (χ4v) is 2.90. The first-order chi connectivity index (χ1) is 13.1. The number of benzene rings is 2. The van der Waals surface area contributed by atoms with Crippen LogP contribution in [0.4, 0.5) is 10.5 Å². The summed E-state index contributed by atoms with van der Waals surface area (Å²) in [7, 11) is 3.08. The number of anilines is 1. The van der Waals surface area contributed by atoms with Crippen molar-refractivity contribution in [3.05, 3.63) is 48.5 Å². The fourth-order valence-electron chi connectivity index (χ4n) is 2.13. The van der Waals surface area contributed by atoms with Gasteiger partial charge in [-0.2, -0.15) is 0 Å². The van der Waals surface area contributed by atoms with Crippen molar-refractivity contribution in [1.82, 2.24) is 0 Å². The van der Waals surface area contributed by atoms with Gasteiger partial charge in [0.25, 0.3) is 0 Å². The second-order valence-electron chi connectivity index (χ2n) is 5.57. The molecule has 2 aromatic rings. The van der Waals surface area contributed by atoms with Crippen molar-refractivity contribution >= 4 is 23.5 Å². The van der Waals surface area contributed by atoms with Gasteiger partial charge in [0, 0.05) is 30.9 Å². The molecular weight excluding hydrogens is 366 g/mol. The molecule has 6 nitrogen and oxygen atoms in total. The SMILES string of the molecule is CCCSc1ccc(NC(=O)Oc2cccc(OCC(OC)OC)c2)cc1. The van der Waals surface area contributed by atoms with Crippen LogP contribution < -0.4 is 14.8 Å². The second-order valence-corrected chi connectivity index (χ2v) is 6.74. The molecular formula is C20H25NO5S. The fraction of sp³-hybridized carbons (Fsp3) is 0.350. The molecule has 0 aromatic heterocycles. The number of rotatable bonds is 10. The van der Waals surface area contributed by atoms with Gasteiger partial charge in [0.05, 0.1) is 0 Å². The Morgan fingerprint density at radius 3 is 2.44 bits per heavy atom. The summed E-state index contributed by atoms with van der Waals surface area (Å²) in [6.45, 7) is 2.37. The van der Waals surface area contributed by atoms with Gasteiger partial charge < -0.3 is 18.9 Å². The van der Waals surface area contributed by atoms with Crippen LogP contribution in [0.15, 0.2) is 53.4 Å². The minimum Gasteiger partial charge on any atom is -0.488 e. The molecule has 0 bridgehead atoms. The van der Waals surface area contributed by atoms with Crippen LogP contribution in [0.25, 0.3) is 0 Å². The summed E-state index contributed by atoms with van der Waals surface area (Å²) in [5, 5.41) is 2.71. The molecule has 0 heterocycles. The highest BCUT2D eigenvalue weighted by Gasteiger charge is 2.09. The van der Waals surface area contributed by atoms with E-state index in [4.69, 9.17) is 18.9 Å². The molecule has 2 aromatic carbocycles. The van der Waals surface area contributed by atoms with Gasteiger partial charge in [-0.15, -0.1) is 11.8 Å². The lowest BCUT2D eigenvalue weighted by atomic mass is 10.3. The predicted octanol–water partition coefficient (Wildman–Crippen LogP) is 4.80. The smallest absolute Gasteiger partial charge is 0.417 e. The van der Waals surface area contributed by atoms with Crippen molar-refractivity contribution in [2.75, 3.05) is 31.9 Å². The van der Waals surface area contributed by atoms with Gasteiger partial charge >= 0.3 is 6.09 Å². The molecule has 0 saturated heterocycles. The zero-order valence-electron chi connectivity index (χ0n) is 15.8. The number of nitrogens with one attached hydrogen (secondary N) is 1. The molecule has 1 amide bonds. The van der Waals surface area contributed by atoms with E-state index >= 15 is 0 Å². The monoisotopic (exact) mass is 391 g/mol. The number of amides is 1. The first-order valence-corrected chi connectivity index (χ1v) is 9.63. The van der Waals surface area contributed by atoms with Gasteiger partial charge in [0.2, 0.25) is 0 Å². The quantitative estimate of drug-likeness (QED) is 0.464. The van der Waals surface area contributed by atoms with Crippen molar-refractivity contribution < 1.29 is 23.7 Å². The summed E-state index contributed by atoms with van der Waals surface area (Å²) in [6.07, 6.45) is 0.0984. The zero-order valence-corrected chi connectivity index (χ0v) is 16.6. The molecule has 7 heteroatoms. The summed E-state index contributed by atoms with van der Waals surface area (Å²) in [5.41, 5.74) is 0.677. The van der Waals surface area contributed by atoms with Crippen molar-refractivity contribution in [2.45, 2.75) is 24.5 Å². The van der Waals surface area contributed by atoms with E-state index in [1.54, 1.807) is 36.0 Å². The molecule has 0 aliphatic rings. The second kappa shape index (κ2) is 11.5. The largest absolute Gasteiger partial charge is 0.488 e. The van der Waals surface area contributed by atoms with Gasteiger partial charge in [0.1, 0.15) is 18.1 Å². The van der Waals surface area contributed by atoms with Gasteiger partial charge in [-0.3, -0.25) is 5.32 Å². The van der Waals surface area contributed by atoms with E-state index in [1.165, 1.54) is 19.1 Å². The summed E-state index contributed by atoms with van der Waals surface area (Å²) in [5.74, 6) is 2.01. The molecule has 0 saturated carbocycles. The number of methoxy groups -OCH3 is 2. The van der Waals surface area contributed by atoms with Crippen LogP contribution in [0, 0.1) is 0 Å². The first-order valence-electron chi connectivity index (χ1n) is 8.64. The highest BCUT2D eigenvalue weighted by Crippen LogP contribution is 2.22. The van der Waals surface area contributed by atoms with Crippen LogP contribution >= 0.6 is 11.8 Å². The lowest BCUT2D eigenvalue weighted by molar-refractivity contribution is -0.121. The molecule has 0 aliphatic heterocycles. The minimum atomic E-state index is -0.562. The third-order valence-corrected chi connectivity index (χ3v) is 4.72.